The van der Waals surface area contributed by atoms with E-state index in [0.29, 0.717) is 11.6 Å². The fourth-order valence-electron chi connectivity index (χ4n) is 2.77. The molecule has 0 aliphatic rings. The second-order valence-electron chi connectivity index (χ2n) is 6.66. The number of amides is 3. The summed E-state index contributed by atoms with van der Waals surface area (Å²) in [5.74, 6) is -1.36. The topological polar surface area (TPSA) is 106 Å². The monoisotopic (exact) mass is 482 g/mol. The quantitative estimate of drug-likeness (QED) is 0.403. The van der Waals surface area contributed by atoms with Gasteiger partial charge in [0, 0.05) is 23.5 Å². The first kappa shape index (κ1) is 23.8. The van der Waals surface area contributed by atoms with Gasteiger partial charge < -0.3 is 21.1 Å². The van der Waals surface area contributed by atoms with Crippen LogP contribution in [-0.2, 0) is 6.18 Å². The molecule has 0 radical (unpaired) electrons. The van der Waals surface area contributed by atoms with Crippen molar-refractivity contribution in [3.05, 3.63) is 76.3 Å². The molecule has 33 heavy (non-hydrogen) atoms. The Bertz CT molecular complexity index is 1230. The number of nitrogens with two attached hydrogens (primary N) is 1. The van der Waals surface area contributed by atoms with E-state index >= 15 is 0 Å². The summed E-state index contributed by atoms with van der Waals surface area (Å²) in [4.78, 5) is 27.3. The summed E-state index contributed by atoms with van der Waals surface area (Å²) in [6.45, 7) is 1.56. The van der Waals surface area contributed by atoms with Gasteiger partial charge in [-0.3, -0.25) is 9.78 Å². The summed E-state index contributed by atoms with van der Waals surface area (Å²) in [7, 11) is 0. The van der Waals surface area contributed by atoms with Crippen LogP contribution in [0.2, 0.25) is 5.02 Å². The number of rotatable bonds is 5. The van der Waals surface area contributed by atoms with Gasteiger partial charge in [0.15, 0.2) is 0 Å². The van der Waals surface area contributed by atoms with E-state index in [0.717, 1.165) is 12.1 Å². The van der Waals surface area contributed by atoms with Crippen molar-refractivity contribution >= 4 is 34.9 Å². The lowest BCUT2D eigenvalue weighted by Gasteiger charge is -2.13. The van der Waals surface area contributed by atoms with Gasteiger partial charge in [0.25, 0.3) is 5.91 Å². The zero-order valence-electron chi connectivity index (χ0n) is 16.8. The van der Waals surface area contributed by atoms with E-state index in [2.05, 4.69) is 15.6 Å². The number of carbonyl (C=O) groups is 2. The lowest BCUT2D eigenvalue weighted by molar-refractivity contribution is -0.137. The number of nitrogens with zero attached hydrogens (tertiary/aromatic N) is 1. The van der Waals surface area contributed by atoms with E-state index in [4.69, 9.17) is 22.1 Å². The Labute approximate surface area is 189 Å². The normalized spacial score (nSPS) is 11.1. The van der Waals surface area contributed by atoms with Crippen LogP contribution in [0.5, 0.6) is 11.5 Å². The summed E-state index contributed by atoms with van der Waals surface area (Å²) < 4.78 is 58.9. The van der Waals surface area contributed by atoms with Crippen LogP contribution in [0.15, 0.2) is 48.7 Å². The number of anilines is 2. The van der Waals surface area contributed by atoms with Crippen LogP contribution in [0.4, 0.5) is 33.7 Å². The Hall–Kier alpha value is -3.86. The molecule has 1 aromatic heterocycles. The molecule has 172 valence electrons. The van der Waals surface area contributed by atoms with Gasteiger partial charge in [-0.1, -0.05) is 11.6 Å². The van der Waals surface area contributed by atoms with Gasteiger partial charge in [-0.05, 0) is 43.3 Å². The number of halogens is 5. The van der Waals surface area contributed by atoms with Crippen LogP contribution >= 0.6 is 11.6 Å². The van der Waals surface area contributed by atoms with Gasteiger partial charge in [0.1, 0.15) is 23.0 Å². The summed E-state index contributed by atoms with van der Waals surface area (Å²) in [6, 6.07) is 6.80. The van der Waals surface area contributed by atoms with Crippen molar-refractivity contribution in [2.24, 2.45) is 5.73 Å². The summed E-state index contributed by atoms with van der Waals surface area (Å²) >= 11 is 5.54. The van der Waals surface area contributed by atoms with Crippen LogP contribution in [0, 0.1) is 12.7 Å². The number of pyridine rings is 1. The minimum atomic E-state index is -4.71. The van der Waals surface area contributed by atoms with Gasteiger partial charge in [-0.15, -0.1) is 0 Å². The lowest BCUT2D eigenvalue weighted by atomic mass is 10.2. The van der Waals surface area contributed by atoms with Crippen LogP contribution in [0.25, 0.3) is 0 Å². The van der Waals surface area contributed by atoms with Crippen LogP contribution in [-0.4, -0.2) is 16.9 Å². The Morgan fingerprint density at radius 1 is 1.09 bits per heavy atom. The van der Waals surface area contributed by atoms with E-state index in [9.17, 15) is 27.2 Å². The zero-order valence-corrected chi connectivity index (χ0v) is 17.5. The third-order valence-corrected chi connectivity index (χ3v) is 4.66. The molecule has 12 heteroatoms. The van der Waals surface area contributed by atoms with E-state index in [1.807, 2.05) is 0 Å². The van der Waals surface area contributed by atoms with Crippen molar-refractivity contribution in [3.8, 4) is 11.5 Å². The fraction of sp³-hybridized carbons (Fsp3) is 0.0952. The van der Waals surface area contributed by atoms with Gasteiger partial charge in [-0.2, -0.15) is 13.2 Å². The average Bonchev–Trinajstić information content (AvgIpc) is 2.72. The number of aromatic nitrogens is 1. The largest absolute Gasteiger partial charge is 0.457 e. The molecule has 0 saturated heterocycles. The van der Waals surface area contributed by atoms with Gasteiger partial charge in [-0.25, -0.2) is 9.18 Å². The van der Waals surface area contributed by atoms with E-state index < -0.39 is 34.5 Å². The highest BCUT2D eigenvalue weighted by molar-refractivity contribution is 6.31. The lowest BCUT2D eigenvalue weighted by Crippen LogP contribution is -2.20. The predicted molar refractivity (Wildman–Crippen MR) is 113 cm³/mol. The number of nitrogens with one attached hydrogen (secondary N) is 2. The van der Waals surface area contributed by atoms with Crippen LogP contribution in [0.1, 0.15) is 21.6 Å². The molecule has 2 aromatic carbocycles. The van der Waals surface area contributed by atoms with E-state index in [1.165, 1.54) is 30.5 Å². The molecular formula is C21H15ClF4N4O3. The summed E-state index contributed by atoms with van der Waals surface area (Å²) in [5.41, 5.74) is 4.02. The number of hydrogen-bond acceptors (Lipinski definition) is 4. The molecule has 1 heterocycles. The summed E-state index contributed by atoms with van der Waals surface area (Å²) in [6.07, 6.45) is -3.40. The molecule has 3 aromatic rings. The van der Waals surface area contributed by atoms with Crippen molar-refractivity contribution in [2.45, 2.75) is 13.1 Å². The highest BCUT2D eigenvalue weighted by Gasteiger charge is 2.33. The molecule has 0 unspecified atom stereocenters. The average molecular weight is 483 g/mol. The maximum Gasteiger partial charge on any atom is 0.417 e. The second kappa shape index (κ2) is 9.33. The maximum absolute atomic E-state index is 14.5. The number of hydrogen-bond donors (Lipinski definition) is 3. The van der Waals surface area contributed by atoms with Crippen molar-refractivity contribution in [2.75, 3.05) is 10.6 Å². The minimum absolute atomic E-state index is 0.00110. The fourth-order valence-corrected chi connectivity index (χ4v) is 2.99. The highest BCUT2D eigenvalue weighted by Crippen LogP contribution is 2.36. The van der Waals surface area contributed by atoms with Crippen molar-refractivity contribution < 1.29 is 31.9 Å². The molecular weight excluding hydrogens is 468 g/mol. The summed E-state index contributed by atoms with van der Waals surface area (Å²) in [5, 5.41) is 3.85. The molecule has 4 N–H and O–H groups in total. The number of benzene rings is 2. The number of urea groups is 1. The van der Waals surface area contributed by atoms with Crippen molar-refractivity contribution in [1.82, 2.24) is 4.98 Å². The standard InChI is InChI=1S/C21H15ClF4N4O3/c1-10-17(6-7-28-18(10)19(27)31)33-12-3-5-16(15(23)9-12)30-20(32)29-11-2-4-14(22)13(8-11)21(24,25)26/h2-9H,1H3,(H2,27,31)(H2,29,30,32). The van der Waals surface area contributed by atoms with E-state index in [1.54, 1.807) is 6.92 Å². The van der Waals surface area contributed by atoms with Gasteiger partial charge >= 0.3 is 12.2 Å². The molecule has 3 rings (SSSR count). The molecule has 7 nitrogen and oxygen atoms in total. The molecule has 0 saturated carbocycles. The number of ether oxygens (including phenoxy) is 1. The SMILES string of the molecule is Cc1c(Oc2ccc(NC(=O)Nc3ccc(Cl)c(C(F)(F)F)c3)c(F)c2)ccnc1C(N)=O. The first-order valence-electron chi connectivity index (χ1n) is 9.13. The molecule has 0 aliphatic carbocycles. The molecule has 0 bridgehead atoms. The molecule has 0 atom stereocenters. The third-order valence-electron chi connectivity index (χ3n) is 4.33. The minimum Gasteiger partial charge on any atom is -0.457 e. The van der Waals surface area contributed by atoms with Gasteiger partial charge in [0.2, 0.25) is 0 Å². The third kappa shape index (κ3) is 5.69. The predicted octanol–water partition coefficient (Wildman–Crippen LogP) is 5.74. The van der Waals surface area contributed by atoms with Crippen molar-refractivity contribution in [3.63, 3.8) is 0 Å². The molecule has 0 spiro atoms. The first-order valence-corrected chi connectivity index (χ1v) is 9.51. The highest BCUT2D eigenvalue weighted by atomic mass is 35.5. The Kier molecular flexibility index (Phi) is 6.73. The van der Waals surface area contributed by atoms with Crippen LogP contribution in [0.3, 0.4) is 0 Å². The van der Waals surface area contributed by atoms with Crippen molar-refractivity contribution in [1.29, 1.82) is 0 Å². The molecule has 0 fully saturated rings. The Morgan fingerprint density at radius 2 is 1.82 bits per heavy atom. The van der Waals surface area contributed by atoms with Gasteiger partial charge in [0.05, 0.1) is 16.3 Å². The van der Waals surface area contributed by atoms with E-state index in [-0.39, 0.29) is 28.6 Å². The Balaban J connectivity index is 1.72. The number of alkyl halides is 3. The number of carbonyl (C=O) groups excluding carboxylic acids is 2. The maximum atomic E-state index is 14.5. The second-order valence-corrected chi connectivity index (χ2v) is 7.07. The Morgan fingerprint density at radius 3 is 2.45 bits per heavy atom. The molecule has 3 amide bonds. The molecule has 0 aliphatic heterocycles. The first-order chi connectivity index (χ1) is 15.5. The smallest absolute Gasteiger partial charge is 0.417 e. The van der Waals surface area contributed by atoms with Crippen LogP contribution < -0.4 is 21.1 Å². The zero-order chi connectivity index (χ0) is 24.3. The number of primary amides is 1.